The largest absolute Gasteiger partial charge is 0.489 e. The molecular formula is C27H34N4O4. The summed E-state index contributed by atoms with van der Waals surface area (Å²) < 4.78 is 6.15. The van der Waals surface area contributed by atoms with Crippen molar-refractivity contribution in [2.24, 2.45) is 0 Å². The zero-order chi connectivity index (χ0) is 25.4. The zero-order valence-electron chi connectivity index (χ0n) is 20.6. The molecule has 35 heavy (non-hydrogen) atoms. The summed E-state index contributed by atoms with van der Waals surface area (Å²) in [5.41, 5.74) is 9.84. The Kier molecular flexibility index (Phi) is 9.03. The van der Waals surface area contributed by atoms with Crippen LogP contribution in [0.2, 0.25) is 0 Å². The van der Waals surface area contributed by atoms with Crippen LogP contribution in [0.5, 0.6) is 5.75 Å². The number of aliphatic carboxylic acids is 1. The summed E-state index contributed by atoms with van der Waals surface area (Å²) in [6.07, 6.45) is 2.77. The molecule has 0 aliphatic rings. The molecule has 186 valence electrons. The summed E-state index contributed by atoms with van der Waals surface area (Å²) in [4.78, 5) is 20.0. The Morgan fingerprint density at radius 3 is 2.51 bits per heavy atom. The Bertz CT molecular complexity index is 1140. The number of carbonyl (C=O) groups is 1. The topological polar surface area (TPSA) is 122 Å². The Balaban J connectivity index is 1.99. The van der Waals surface area contributed by atoms with Gasteiger partial charge in [-0.05, 0) is 42.5 Å². The predicted octanol–water partition coefficient (Wildman–Crippen LogP) is 4.94. The van der Waals surface area contributed by atoms with Crippen molar-refractivity contribution in [1.29, 1.82) is 0 Å². The first-order valence-corrected chi connectivity index (χ1v) is 11.9. The van der Waals surface area contributed by atoms with Gasteiger partial charge in [0.05, 0.1) is 12.5 Å². The lowest BCUT2D eigenvalue weighted by molar-refractivity contribution is -0.136. The molecule has 0 spiro atoms. The molecular weight excluding hydrogens is 444 g/mol. The lowest BCUT2D eigenvalue weighted by Crippen LogP contribution is -2.33. The van der Waals surface area contributed by atoms with Gasteiger partial charge in [-0.15, -0.1) is 0 Å². The van der Waals surface area contributed by atoms with Gasteiger partial charge in [-0.25, -0.2) is 10.0 Å². The third-order valence-electron chi connectivity index (χ3n) is 5.96. The van der Waals surface area contributed by atoms with Gasteiger partial charge in [-0.1, -0.05) is 62.7 Å². The molecule has 1 heterocycles. The number of aryl methyl sites for hydroxylation is 1. The van der Waals surface area contributed by atoms with E-state index >= 15 is 0 Å². The molecule has 8 heteroatoms. The van der Waals surface area contributed by atoms with E-state index in [4.69, 9.17) is 10.5 Å². The molecule has 1 unspecified atom stereocenters. The van der Waals surface area contributed by atoms with Crippen LogP contribution >= 0.6 is 0 Å². The molecule has 2 aromatic carbocycles. The molecule has 0 aliphatic carbocycles. The summed E-state index contributed by atoms with van der Waals surface area (Å²) >= 11 is 0. The number of nitrogens with zero attached hydrogens (tertiary/aromatic N) is 3. The van der Waals surface area contributed by atoms with Gasteiger partial charge in [0.2, 0.25) is 5.95 Å². The predicted molar refractivity (Wildman–Crippen MR) is 136 cm³/mol. The average molecular weight is 479 g/mol. The van der Waals surface area contributed by atoms with E-state index < -0.39 is 5.97 Å². The highest BCUT2D eigenvalue weighted by Gasteiger charge is 2.23. The first-order chi connectivity index (χ1) is 16.8. The average Bonchev–Trinajstić information content (AvgIpc) is 2.83. The van der Waals surface area contributed by atoms with Crippen molar-refractivity contribution in [3.05, 3.63) is 76.5 Å². The van der Waals surface area contributed by atoms with Crippen LogP contribution < -0.4 is 15.5 Å². The third-order valence-corrected chi connectivity index (χ3v) is 5.96. The Morgan fingerprint density at radius 2 is 1.86 bits per heavy atom. The van der Waals surface area contributed by atoms with E-state index in [0.717, 1.165) is 36.0 Å². The number of hydrogen-bond acceptors (Lipinski definition) is 7. The number of carboxylic acid groups (broad SMARTS) is 1. The van der Waals surface area contributed by atoms with Crippen molar-refractivity contribution >= 4 is 17.7 Å². The minimum absolute atomic E-state index is 0.0980. The highest BCUT2D eigenvalue weighted by molar-refractivity contribution is 5.70. The molecule has 0 amide bonds. The molecule has 1 aromatic heterocycles. The Hall–Kier alpha value is -3.65. The van der Waals surface area contributed by atoms with Crippen LogP contribution in [0.15, 0.2) is 48.5 Å². The smallest absolute Gasteiger partial charge is 0.307 e. The van der Waals surface area contributed by atoms with Crippen molar-refractivity contribution in [1.82, 2.24) is 9.97 Å². The summed E-state index contributed by atoms with van der Waals surface area (Å²) in [5.74, 6) is 0.164. The molecule has 0 fully saturated rings. The molecule has 0 radical (unpaired) electrons. The quantitative estimate of drug-likeness (QED) is 0.313. The van der Waals surface area contributed by atoms with Crippen LogP contribution in [0.3, 0.4) is 0 Å². The second-order valence-electron chi connectivity index (χ2n) is 8.63. The fourth-order valence-electron chi connectivity index (χ4n) is 4.09. The maximum Gasteiger partial charge on any atom is 0.307 e. The number of benzene rings is 2. The normalized spacial score (nSPS) is 11.8. The van der Waals surface area contributed by atoms with Gasteiger partial charge in [0.1, 0.15) is 12.4 Å². The number of rotatable bonds is 12. The van der Waals surface area contributed by atoms with Gasteiger partial charge < -0.3 is 15.6 Å². The molecule has 8 nitrogen and oxygen atoms in total. The zero-order valence-corrected chi connectivity index (χ0v) is 20.6. The minimum Gasteiger partial charge on any atom is -0.489 e. The lowest BCUT2D eigenvalue weighted by atomic mass is 9.99. The van der Waals surface area contributed by atoms with E-state index in [2.05, 4.69) is 16.9 Å². The number of hydrogen-bond donors (Lipinski definition) is 3. The van der Waals surface area contributed by atoms with Crippen LogP contribution in [-0.2, 0) is 24.2 Å². The summed E-state index contributed by atoms with van der Waals surface area (Å²) in [7, 11) is 0. The summed E-state index contributed by atoms with van der Waals surface area (Å²) in [6, 6.07) is 15.1. The van der Waals surface area contributed by atoms with Crippen LogP contribution in [-0.4, -0.2) is 32.3 Å². The van der Waals surface area contributed by atoms with Crippen molar-refractivity contribution < 1.29 is 19.8 Å². The van der Waals surface area contributed by atoms with E-state index in [1.807, 2.05) is 50.2 Å². The van der Waals surface area contributed by atoms with Gasteiger partial charge in [0, 0.05) is 17.7 Å². The van der Waals surface area contributed by atoms with Gasteiger partial charge in [-0.2, -0.15) is 4.98 Å². The van der Waals surface area contributed by atoms with Gasteiger partial charge in [0.15, 0.2) is 5.82 Å². The minimum atomic E-state index is -0.908. The van der Waals surface area contributed by atoms with Crippen LogP contribution in [0.1, 0.15) is 61.1 Å². The van der Waals surface area contributed by atoms with E-state index in [-0.39, 0.29) is 18.4 Å². The van der Waals surface area contributed by atoms with E-state index in [1.54, 1.807) is 12.1 Å². The molecule has 3 rings (SSSR count). The van der Waals surface area contributed by atoms with E-state index in [9.17, 15) is 15.1 Å². The fraction of sp³-hybridized carbons (Fsp3) is 0.370. The number of carboxylic acids is 1. The molecule has 0 bridgehead atoms. The third kappa shape index (κ3) is 6.93. The highest BCUT2D eigenvalue weighted by atomic mass is 16.5. The summed E-state index contributed by atoms with van der Waals surface area (Å²) in [5, 5.41) is 21.5. The monoisotopic (exact) mass is 478 g/mol. The number of nitrogen functional groups attached to an aromatic ring is 1. The van der Waals surface area contributed by atoms with E-state index in [0.29, 0.717) is 35.9 Å². The van der Waals surface area contributed by atoms with E-state index in [1.165, 1.54) is 5.06 Å². The van der Waals surface area contributed by atoms with Gasteiger partial charge in [-0.3, -0.25) is 10.0 Å². The number of anilines is 2. The number of ether oxygens (including phenoxy) is 1. The standard InChI is InChI=1S/C27H34N4O4/c1-4-9-22(5-2)31(34)26-23(18(3)29-27(28)30-26)16-21-13-12-20(15-25(32)33)14-24(21)35-17-19-10-7-6-8-11-19/h6-8,10-14,22,34H,4-5,9,15-17H2,1-3H3,(H,32,33)(H2,28,29,30). The lowest BCUT2D eigenvalue weighted by Gasteiger charge is -2.28. The molecule has 3 aromatic rings. The van der Waals surface area contributed by atoms with Crippen LogP contribution in [0, 0.1) is 6.92 Å². The van der Waals surface area contributed by atoms with Crippen LogP contribution in [0.25, 0.3) is 0 Å². The Labute approximate surface area is 206 Å². The van der Waals surface area contributed by atoms with Crippen molar-refractivity contribution in [2.75, 3.05) is 10.8 Å². The number of aromatic nitrogens is 2. The molecule has 0 saturated heterocycles. The molecule has 0 aliphatic heterocycles. The maximum atomic E-state index is 11.3. The second kappa shape index (κ2) is 12.2. The Morgan fingerprint density at radius 1 is 1.11 bits per heavy atom. The first kappa shape index (κ1) is 26.0. The molecule has 1 atom stereocenters. The van der Waals surface area contributed by atoms with Crippen molar-refractivity contribution in [2.45, 2.75) is 65.5 Å². The van der Waals surface area contributed by atoms with Crippen LogP contribution in [0.4, 0.5) is 11.8 Å². The van der Waals surface area contributed by atoms with Crippen molar-refractivity contribution in [3.63, 3.8) is 0 Å². The SMILES string of the molecule is CCCC(CC)N(O)c1nc(N)nc(C)c1Cc1ccc(CC(=O)O)cc1OCc1ccccc1. The maximum absolute atomic E-state index is 11.3. The highest BCUT2D eigenvalue weighted by Crippen LogP contribution is 2.31. The number of nitrogens with two attached hydrogens (primary N) is 1. The number of hydroxylamine groups is 1. The molecule has 4 N–H and O–H groups in total. The van der Waals surface area contributed by atoms with Gasteiger partial charge in [0.25, 0.3) is 0 Å². The summed E-state index contributed by atoms with van der Waals surface area (Å²) in [6.45, 7) is 6.28. The second-order valence-corrected chi connectivity index (χ2v) is 8.63. The first-order valence-electron chi connectivity index (χ1n) is 11.9. The van der Waals surface area contributed by atoms with Crippen molar-refractivity contribution in [3.8, 4) is 5.75 Å². The fourth-order valence-corrected chi connectivity index (χ4v) is 4.09. The molecule has 0 saturated carbocycles. The van der Waals surface area contributed by atoms with Gasteiger partial charge >= 0.3 is 5.97 Å².